The van der Waals surface area contributed by atoms with Crippen LogP contribution >= 0.6 is 0 Å². The number of anilines is 2. The van der Waals surface area contributed by atoms with E-state index in [1.165, 1.54) is 0 Å². The van der Waals surface area contributed by atoms with Crippen molar-refractivity contribution in [3.8, 4) is 5.75 Å². The summed E-state index contributed by atoms with van der Waals surface area (Å²) in [4.78, 5) is 29.3. The molecule has 0 spiro atoms. The molecule has 0 bridgehead atoms. The molecule has 1 aliphatic heterocycles. The minimum absolute atomic E-state index is 0.106. The summed E-state index contributed by atoms with van der Waals surface area (Å²) in [5.74, 6) is 0.762. The number of benzene rings is 3. The number of methoxy groups -OCH3 is 1. The van der Waals surface area contributed by atoms with Gasteiger partial charge in [-0.2, -0.15) is 0 Å². The number of carbonyl (C=O) groups is 2. The van der Waals surface area contributed by atoms with Gasteiger partial charge in [0.15, 0.2) is 5.78 Å². The molecule has 0 saturated carbocycles. The fourth-order valence-electron chi connectivity index (χ4n) is 5.52. The van der Waals surface area contributed by atoms with Crippen LogP contribution in [-0.4, -0.2) is 25.3 Å². The zero-order valence-corrected chi connectivity index (χ0v) is 22.5. The third kappa shape index (κ3) is 5.30. The van der Waals surface area contributed by atoms with Crippen molar-refractivity contribution in [3.05, 3.63) is 101 Å². The van der Waals surface area contributed by atoms with Gasteiger partial charge in [0.1, 0.15) is 5.75 Å². The molecule has 2 N–H and O–H groups in total. The highest BCUT2D eigenvalue weighted by molar-refractivity contribution is 6.01. The zero-order valence-electron chi connectivity index (χ0n) is 22.5. The summed E-state index contributed by atoms with van der Waals surface area (Å²) < 4.78 is 5.32. The highest BCUT2D eigenvalue weighted by Gasteiger charge is 2.41. The number of allylic oxidation sites excluding steroid dienone is 1. The van der Waals surface area contributed by atoms with Crippen LogP contribution < -0.4 is 20.3 Å². The average Bonchev–Trinajstić information content (AvgIpc) is 3.02. The molecule has 196 valence electrons. The Morgan fingerprint density at radius 2 is 1.82 bits per heavy atom. The Bertz CT molecular complexity index is 1390. The summed E-state index contributed by atoms with van der Waals surface area (Å²) >= 11 is 0. The van der Waals surface area contributed by atoms with Gasteiger partial charge >= 0.3 is 0 Å². The van der Waals surface area contributed by atoms with Gasteiger partial charge in [-0.15, -0.1) is 0 Å². The predicted octanol–water partition coefficient (Wildman–Crippen LogP) is 5.94. The molecular formula is C32H35N3O3. The lowest BCUT2D eigenvalue weighted by molar-refractivity contribution is -0.120. The maximum atomic E-state index is 13.8. The molecule has 3 aromatic carbocycles. The Labute approximate surface area is 224 Å². The van der Waals surface area contributed by atoms with Gasteiger partial charge in [-0.05, 0) is 54.2 Å². The molecule has 1 unspecified atom stereocenters. The number of hydrogen-bond acceptors (Lipinski definition) is 5. The number of hydrogen-bond donors (Lipinski definition) is 2. The van der Waals surface area contributed by atoms with E-state index in [1.807, 2.05) is 48.5 Å². The molecule has 1 aliphatic carbocycles. The van der Waals surface area contributed by atoms with Gasteiger partial charge in [0, 0.05) is 24.2 Å². The van der Waals surface area contributed by atoms with E-state index in [0.717, 1.165) is 51.5 Å². The molecule has 0 radical (unpaired) electrons. The molecule has 1 heterocycles. The van der Waals surface area contributed by atoms with Crippen LogP contribution in [0.25, 0.3) is 0 Å². The van der Waals surface area contributed by atoms with Crippen LogP contribution in [0, 0.1) is 12.3 Å². The van der Waals surface area contributed by atoms with Crippen LogP contribution in [0.4, 0.5) is 11.4 Å². The maximum absolute atomic E-state index is 13.8. The monoisotopic (exact) mass is 509 g/mol. The van der Waals surface area contributed by atoms with Gasteiger partial charge in [-0.3, -0.25) is 9.59 Å². The van der Waals surface area contributed by atoms with Crippen LogP contribution in [0.1, 0.15) is 49.4 Å². The number of amides is 1. The number of nitrogens with one attached hydrogen (secondary N) is 2. The minimum atomic E-state index is -0.382. The number of Topliss-reactive ketones (excluding diaryl/α,β-unsaturated/α-hetero) is 1. The lowest BCUT2D eigenvalue weighted by Crippen LogP contribution is -2.41. The molecule has 1 amide bonds. The van der Waals surface area contributed by atoms with Crippen molar-refractivity contribution in [2.24, 2.45) is 5.41 Å². The summed E-state index contributed by atoms with van der Waals surface area (Å²) in [5.41, 5.74) is 6.46. The van der Waals surface area contributed by atoms with Crippen LogP contribution in [0.15, 0.2) is 84.1 Å². The second-order valence-corrected chi connectivity index (χ2v) is 11.0. The fourth-order valence-corrected chi connectivity index (χ4v) is 5.52. The van der Waals surface area contributed by atoms with E-state index < -0.39 is 0 Å². The Morgan fingerprint density at radius 3 is 2.58 bits per heavy atom. The Hall–Kier alpha value is -4.06. The summed E-state index contributed by atoms with van der Waals surface area (Å²) in [6.07, 6.45) is 1.24. The molecule has 5 rings (SSSR count). The largest absolute Gasteiger partial charge is 0.497 e. The first-order valence-electron chi connectivity index (χ1n) is 13.1. The first-order chi connectivity index (χ1) is 18.2. The van der Waals surface area contributed by atoms with Crippen molar-refractivity contribution in [1.29, 1.82) is 0 Å². The zero-order chi connectivity index (χ0) is 26.9. The second kappa shape index (κ2) is 10.4. The highest BCUT2D eigenvalue weighted by atomic mass is 16.5. The quantitative estimate of drug-likeness (QED) is 0.431. The smallest absolute Gasteiger partial charge is 0.239 e. The molecule has 1 atom stereocenters. The molecule has 6 heteroatoms. The Morgan fingerprint density at radius 1 is 1.05 bits per heavy atom. The fraction of sp³-hybridized carbons (Fsp3) is 0.312. The van der Waals surface area contributed by atoms with E-state index >= 15 is 0 Å². The summed E-state index contributed by atoms with van der Waals surface area (Å²) in [6.45, 7) is 6.82. The number of fused-ring (bicyclic) bond motifs is 1. The minimum Gasteiger partial charge on any atom is -0.497 e. The second-order valence-electron chi connectivity index (χ2n) is 11.0. The standard InChI is InChI=1S/C32H35N3O3/c1-21-12-14-23(15-13-21)31-30-26(17-32(2,3)18-28(30)36)34-25-10-5-6-11-27(25)35(31)20-29(37)33-19-22-8-7-9-24(16-22)38-4/h5-16,31,34H,17-20H2,1-4H3,(H,33,37). The first kappa shape index (κ1) is 25.6. The molecule has 0 saturated heterocycles. The molecule has 2 aliphatic rings. The van der Waals surface area contributed by atoms with Gasteiger partial charge in [0.05, 0.1) is 31.1 Å². The number of para-hydroxylation sites is 2. The lowest BCUT2D eigenvalue weighted by atomic mass is 9.73. The van der Waals surface area contributed by atoms with E-state index in [2.05, 4.69) is 60.6 Å². The average molecular weight is 510 g/mol. The maximum Gasteiger partial charge on any atom is 0.239 e. The lowest BCUT2D eigenvalue weighted by Gasteiger charge is -2.38. The number of carbonyl (C=O) groups excluding carboxylic acids is 2. The summed E-state index contributed by atoms with van der Waals surface area (Å²) in [7, 11) is 1.63. The normalized spacial score (nSPS) is 18.2. The van der Waals surface area contributed by atoms with Crippen molar-refractivity contribution in [2.75, 3.05) is 23.9 Å². The van der Waals surface area contributed by atoms with E-state index in [0.29, 0.717) is 13.0 Å². The van der Waals surface area contributed by atoms with Crippen LogP contribution in [-0.2, 0) is 16.1 Å². The topological polar surface area (TPSA) is 70.7 Å². The summed E-state index contributed by atoms with van der Waals surface area (Å²) in [6, 6.07) is 23.6. The number of rotatable bonds is 6. The SMILES string of the molecule is COc1cccc(CNC(=O)CN2c3ccccc3NC3=C(C(=O)CC(C)(C)C3)C2c2ccc(C)cc2)c1. The van der Waals surface area contributed by atoms with Crippen molar-refractivity contribution in [1.82, 2.24) is 5.32 Å². The molecule has 0 aromatic heterocycles. The Kier molecular flexibility index (Phi) is 6.98. The third-order valence-electron chi connectivity index (χ3n) is 7.33. The number of ether oxygens (including phenoxy) is 1. The van der Waals surface area contributed by atoms with E-state index in [9.17, 15) is 9.59 Å². The third-order valence-corrected chi connectivity index (χ3v) is 7.33. The van der Waals surface area contributed by atoms with Crippen LogP contribution in [0.2, 0.25) is 0 Å². The van der Waals surface area contributed by atoms with Gasteiger partial charge in [-0.25, -0.2) is 0 Å². The Balaban J connectivity index is 1.54. The molecule has 0 fully saturated rings. The van der Waals surface area contributed by atoms with Crippen LogP contribution in [0.5, 0.6) is 5.75 Å². The molecule has 6 nitrogen and oxygen atoms in total. The van der Waals surface area contributed by atoms with Crippen molar-refractivity contribution in [3.63, 3.8) is 0 Å². The van der Waals surface area contributed by atoms with Crippen molar-refractivity contribution in [2.45, 2.75) is 46.2 Å². The predicted molar refractivity (Wildman–Crippen MR) is 151 cm³/mol. The molecular weight excluding hydrogens is 474 g/mol. The van der Waals surface area contributed by atoms with E-state index in [4.69, 9.17) is 4.74 Å². The number of aryl methyl sites for hydroxylation is 1. The van der Waals surface area contributed by atoms with Gasteiger partial charge in [0.2, 0.25) is 5.91 Å². The van der Waals surface area contributed by atoms with Crippen molar-refractivity contribution < 1.29 is 14.3 Å². The van der Waals surface area contributed by atoms with Crippen LogP contribution in [0.3, 0.4) is 0 Å². The number of ketones is 1. The van der Waals surface area contributed by atoms with Crippen molar-refractivity contribution >= 4 is 23.1 Å². The summed E-state index contributed by atoms with van der Waals surface area (Å²) in [5, 5.41) is 6.67. The van der Waals surface area contributed by atoms with E-state index in [-0.39, 0.29) is 29.7 Å². The van der Waals surface area contributed by atoms with Gasteiger partial charge in [-0.1, -0.05) is 67.9 Å². The molecule has 3 aromatic rings. The highest BCUT2D eigenvalue weighted by Crippen LogP contribution is 2.48. The number of nitrogens with zero attached hydrogens (tertiary/aromatic N) is 1. The van der Waals surface area contributed by atoms with Gasteiger partial charge < -0.3 is 20.3 Å². The first-order valence-corrected chi connectivity index (χ1v) is 13.1. The van der Waals surface area contributed by atoms with E-state index in [1.54, 1.807) is 7.11 Å². The van der Waals surface area contributed by atoms with Gasteiger partial charge in [0.25, 0.3) is 0 Å². The molecule has 38 heavy (non-hydrogen) atoms.